The lowest BCUT2D eigenvalue weighted by Gasteiger charge is -2.30. The van der Waals surface area contributed by atoms with Gasteiger partial charge in [-0.2, -0.15) is 9.78 Å². The molecule has 2 aromatic rings. The smallest absolute Gasteiger partial charge is 0.332 e. The van der Waals surface area contributed by atoms with Crippen LogP contribution in [0, 0.1) is 12.8 Å². The van der Waals surface area contributed by atoms with E-state index in [0.29, 0.717) is 0 Å². The minimum Gasteiger partial charge on any atom is -0.332 e. The minimum absolute atomic E-state index is 0.127. The van der Waals surface area contributed by atoms with Crippen LogP contribution in [0.4, 0.5) is 4.79 Å². The Bertz CT molecular complexity index is 711. The highest BCUT2D eigenvalue weighted by atomic mass is 16.2. The molecule has 5 nitrogen and oxygen atoms in total. The van der Waals surface area contributed by atoms with Gasteiger partial charge in [0.1, 0.15) is 0 Å². The van der Waals surface area contributed by atoms with Gasteiger partial charge < -0.3 is 10.2 Å². The van der Waals surface area contributed by atoms with Gasteiger partial charge in [-0.3, -0.25) is 0 Å². The Morgan fingerprint density at radius 3 is 3.00 bits per heavy atom. The predicted octanol–water partition coefficient (Wildman–Crippen LogP) is 2.51. The molecule has 2 bridgehead atoms. The number of carbonyl (C=O) groups excluding carboxylic acids is 1. The number of piperidine rings is 1. The van der Waals surface area contributed by atoms with Crippen LogP contribution in [0.5, 0.6) is 0 Å². The van der Waals surface area contributed by atoms with E-state index in [1.165, 1.54) is 29.8 Å². The van der Waals surface area contributed by atoms with E-state index in [1.807, 2.05) is 18.3 Å². The lowest BCUT2D eigenvalue weighted by atomic mass is 9.97. The lowest BCUT2D eigenvalue weighted by Crippen LogP contribution is -2.48. The largest absolute Gasteiger partial charge is 0.342 e. The van der Waals surface area contributed by atoms with Crippen LogP contribution in [0.1, 0.15) is 18.4 Å². The minimum atomic E-state index is -0.127. The summed E-state index contributed by atoms with van der Waals surface area (Å²) in [5.41, 5.74) is 3.28. The van der Waals surface area contributed by atoms with Crippen molar-refractivity contribution in [3.63, 3.8) is 0 Å². The van der Waals surface area contributed by atoms with E-state index in [1.54, 1.807) is 6.20 Å². The average molecular weight is 310 g/mol. The number of nitrogens with one attached hydrogen (secondary N) is 1. The van der Waals surface area contributed by atoms with Crippen molar-refractivity contribution in [3.05, 3.63) is 42.2 Å². The van der Waals surface area contributed by atoms with Gasteiger partial charge >= 0.3 is 6.03 Å². The average Bonchev–Trinajstić information content (AvgIpc) is 3.15. The van der Waals surface area contributed by atoms with Gasteiger partial charge in [0.15, 0.2) is 0 Å². The third kappa shape index (κ3) is 2.88. The Morgan fingerprint density at radius 2 is 2.17 bits per heavy atom. The molecule has 1 N–H and O–H groups in total. The van der Waals surface area contributed by atoms with Crippen molar-refractivity contribution in [1.82, 2.24) is 20.0 Å². The zero-order valence-corrected chi connectivity index (χ0v) is 13.4. The van der Waals surface area contributed by atoms with Crippen molar-refractivity contribution < 1.29 is 4.79 Å². The molecule has 2 fully saturated rings. The topological polar surface area (TPSA) is 50.2 Å². The van der Waals surface area contributed by atoms with E-state index in [9.17, 15) is 4.79 Å². The fourth-order valence-electron chi connectivity index (χ4n) is 3.87. The Morgan fingerprint density at radius 1 is 1.30 bits per heavy atom. The maximum Gasteiger partial charge on any atom is 0.342 e. The zero-order valence-electron chi connectivity index (χ0n) is 13.4. The summed E-state index contributed by atoms with van der Waals surface area (Å²) in [6.07, 6.45) is 5.94. The number of aromatic nitrogens is 2. The molecule has 0 spiro atoms. The van der Waals surface area contributed by atoms with Gasteiger partial charge in [0.2, 0.25) is 0 Å². The van der Waals surface area contributed by atoms with E-state index < -0.39 is 0 Å². The number of aryl methyl sites for hydroxylation is 1. The van der Waals surface area contributed by atoms with E-state index in [4.69, 9.17) is 0 Å². The Hall–Kier alpha value is -2.14. The van der Waals surface area contributed by atoms with Crippen LogP contribution in [0.2, 0.25) is 0 Å². The molecular formula is C18H22N4O. The molecule has 3 unspecified atom stereocenters. The number of hydrogen-bond donors (Lipinski definition) is 1. The molecule has 23 heavy (non-hydrogen) atoms. The zero-order chi connectivity index (χ0) is 15.8. The van der Waals surface area contributed by atoms with Gasteiger partial charge in [-0.05, 0) is 43.4 Å². The molecule has 0 radical (unpaired) electrons. The fourth-order valence-corrected chi connectivity index (χ4v) is 3.87. The second kappa shape index (κ2) is 5.81. The summed E-state index contributed by atoms with van der Waals surface area (Å²) in [4.78, 5) is 14.9. The molecule has 1 aromatic heterocycles. The summed E-state index contributed by atoms with van der Waals surface area (Å²) in [7, 11) is 0. The number of nitrogens with zero attached hydrogens (tertiary/aromatic N) is 3. The Kier molecular flexibility index (Phi) is 3.65. The highest BCUT2D eigenvalue weighted by molar-refractivity contribution is 5.78. The number of rotatable bonds is 2. The molecule has 2 aliphatic heterocycles. The van der Waals surface area contributed by atoms with Crippen molar-refractivity contribution in [1.29, 1.82) is 0 Å². The molecular weight excluding hydrogens is 288 g/mol. The molecule has 0 saturated carbocycles. The maximum atomic E-state index is 12.4. The highest BCUT2D eigenvalue weighted by Crippen LogP contribution is 2.27. The number of carbonyl (C=O) groups is 1. The first-order valence-corrected chi connectivity index (χ1v) is 8.33. The summed E-state index contributed by atoms with van der Waals surface area (Å²) in [6.45, 7) is 5.41. The molecule has 3 atom stereocenters. The highest BCUT2D eigenvalue weighted by Gasteiger charge is 2.33. The monoisotopic (exact) mass is 310 g/mol. The van der Waals surface area contributed by atoms with Gasteiger partial charge in [0.05, 0.1) is 6.20 Å². The number of fused-ring (bicyclic) bond motifs is 2. The first-order chi connectivity index (χ1) is 11.2. The van der Waals surface area contributed by atoms with Gasteiger partial charge in [0, 0.05) is 30.9 Å². The van der Waals surface area contributed by atoms with Crippen molar-refractivity contribution in [2.24, 2.45) is 5.92 Å². The van der Waals surface area contributed by atoms with Crippen molar-refractivity contribution in [2.45, 2.75) is 25.8 Å². The SMILES string of the molecule is Cc1ccccc1-c1cnn(C(=O)NC2CC3CCN(C3)C2)c1. The van der Waals surface area contributed by atoms with Crippen LogP contribution in [0.25, 0.3) is 11.1 Å². The Labute approximate surface area is 136 Å². The van der Waals surface area contributed by atoms with Crippen molar-refractivity contribution in [3.8, 4) is 11.1 Å². The maximum absolute atomic E-state index is 12.4. The first kappa shape index (κ1) is 14.5. The molecule has 2 saturated heterocycles. The van der Waals surface area contributed by atoms with Gasteiger partial charge in [-0.15, -0.1) is 0 Å². The quantitative estimate of drug-likeness (QED) is 0.927. The molecule has 1 amide bonds. The second-order valence-electron chi connectivity index (χ2n) is 6.78. The van der Waals surface area contributed by atoms with Crippen LogP contribution < -0.4 is 5.32 Å². The first-order valence-electron chi connectivity index (χ1n) is 8.33. The normalized spacial score (nSPS) is 26.2. The standard InChI is InChI=1S/C18H22N4O/c1-13-4-2-3-5-17(13)15-9-19-22(11-15)18(23)20-16-8-14-6-7-21(10-14)12-16/h2-5,9,11,14,16H,6-8,10,12H2,1H3,(H,20,23). The summed E-state index contributed by atoms with van der Waals surface area (Å²) in [5.74, 6) is 0.745. The van der Waals surface area contributed by atoms with Gasteiger partial charge in [-0.1, -0.05) is 24.3 Å². The van der Waals surface area contributed by atoms with E-state index >= 15 is 0 Å². The van der Waals surface area contributed by atoms with E-state index in [0.717, 1.165) is 30.0 Å². The number of benzene rings is 1. The molecule has 3 heterocycles. The fraction of sp³-hybridized carbons (Fsp3) is 0.444. The molecule has 4 rings (SSSR count). The molecule has 1 aromatic carbocycles. The van der Waals surface area contributed by atoms with Crippen molar-refractivity contribution >= 4 is 6.03 Å². The van der Waals surface area contributed by atoms with E-state index in [-0.39, 0.29) is 12.1 Å². The molecule has 2 aliphatic rings. The second-order valence-corrected chi connectivity index (χ2v) is 6.78. The lowest BCUT2D eigenvalue weighted by molar-refractivity contribution is 0.204. The summed E-state index contributed by atoms with van der Waals surface area (Å²) in [5, 5.41) is 7.38. The van der Waals surface area contributed by atoms with Crippen LogP contribution in [-0.2, 0) is 0 Å². The van der Waals surface area contributed by atoms with Crippen LogP contribution >= 0.6 is 0 Å². The number of amides is 1. The Balaban J connectivity index is 1.46. The third-order valence-corrected chi connectivity index (χ3v) is 5.04. The molecule has 120 valence electrons. The predicted molar refractivity (Wildman–Crippen MR) is 89.3 cm³/mol. The summed E-state index contributed by atoms with van der Waals surface area (Å²) >= 11 is 0. The van der Waals surface area contributed by atoms with E-state index in [2.05, 4.69) is 34.4 Å². The van der Waals surface area contributed by atoms with Gasteiger partial charge in [0.25, 0.3) is 0 Å². The van der Waals surface area contributed by atoms with Crippen LogP contribution in [0.15, 0.2) is 36.7 Å². The van der Waals surface area contributed by atoms with Crippen molar-refractivity contribution in [2.75, 3.05) is 19.6 Å². The molecule has 0 aliphatic carbocycles. The summed E-state index contributed by atoms with van der Waals surface area (Å²) < 4.78 is 1.42. The van der Waals surface area contributed by atoms with Gasteiger partial charge in [-0.25, -0.2) is 4.79 Å². The van der Waals surface area contributed by atoms with Crippen LogP contribution in [0.3, 0.4) is 0 Å². The third-order valence-electron chi connectivity index (χ3n) is 5.04. The number of hydrogen-bond acceptors (Lipinski definition) is 3. The van der Waals surface area contributed by atoms with Crippen LogP contribution in [-0.4, -0.2) is 46.4 Å². The summed E-state index contributed by atoms with van der Waals surface area (Å²) in [6, 6.07) is 8.26. The molecule has 5 heteroatoms.